The average molecular weight is 572 g/mol. The molecule has 14 heteroatoms. The molecule has 0 saturated heterocycles. The van der Waals surface area contributed by atoms with Gasteiger partial charge in [0, 0.05) is 0 Å². The summed E-state index contributed by atoms with van der Waals surface area (Å²) in [6, 6.07) is 14.3. The van der Waals surface area contributed by atoms with Crippen LogP contribution in [0.1, 0.15) is 23.1 Å². The first-order chi connectivity index (χ1) is 18.5. The van der Waals surface area contributed by atoms with Crippen LogP contribution in [-0.2, 0) is 11.3 Å². The first-order valence-corrected chi connectivity index (χ1v) is 14.2. The number of aromatic nitrogens is 5. The number of ether oxygens (including phenoxy) is 2. The van der Waals surface area contributed by atoms with Crippen molar-refractivity contribution in [2.45, 2.75) is 23.0 Å². The lowest BCUT2D eigenvalue weighted by Crippen LogP contribution is -2.25. The molecular weight excluding hydrogens is 547 g/mol. The molecule has 0 spiro atoms. The van der Waals surface area contributed by atoms with E-state index in [1.54, 1.807) is 47.7 Å². The van der Waals surface area contributed by atoms with Crippen molar-refractivity contribution in [1.82, 2.24) is 30.3 Å². The number of nitrogens with zero attached hydrogens (tertiary/aromatic N) is 5. The Morgan fingerprint density at radius 2 is 1.68 bits per heavy atom. The van der Waals surface area contributed by atoms with E-state index in [1.807, 2.05) is 31.2 Å². The van der Waals surface area contributed by atoms with Crippen molar-refractivity contribution in [3.05, 3.63) is 59.9 Å². The first kappa shape index (κ1) is 27.4. The van der Waals surface area contributed by atoms with Crippen LogP contribution in [0, 0.1) is 0 Å². The Balaban J connectivity index is 1.52. The van der Waals surface area contributed by atoms with Gasteiger partial charge in [0.05, 0.1) is 37.8 Å². The molecule has 0 aliphatic heterocycles. The number of rotatable bonds is 12. The van der Waals surface area contributed by atoms with Crippen molar-refractivity contribution in [3.63, 3.8) is 0 Å². The summed E-state index contributed by atoms with van der Waals surface area (Å²) in [7, 11) is 3.08. The fraction of sp³-hybridized carbons (Fsp3) is 0.250. The average Bonchev–Trinajstić information content (AvgIpc) is 3.56. The zero-order chi connectivity index (χ0) is 26.9. The summed E-state index contributed by atoms with van der Waals surface area (Å²) >= 11 is 4.09. The standard InChI is InChI=1S/C24H25N7O4S3/c1-4-36-24-30-28-22(38-24)26-20(32)14-37-23-29-27-19(31(23)16-10-6-8-12-18(16)35-3)13-25-21(33)15-9-5-7-11-17(15)34-2/h5-12H,4,13-14H2,1-3H3,(H,25,33)(H,26,28,32). The molecule has 0 unspecified atom stereocenters. The van der Waals surface area contributed by atoms with Gasteiger partial charge in [-0.05, 0) is 30.0 Å². The molecule has 0 aliphatic rings. The predicted molar refractivity (Wildman–Crippen MR) is 148 cm³/mol. The highest BCUT2D eigenvalue weighted by Gasteiger charge is 2.20. The number of hydrogen-bond acceptors (Lipinski definition) is 11. The molecule has 0 bridgehead atoms. The quantitative estimate of drug-likeness (QED) is 0.190. The molecule has 4 rings (SSSR count). The molecule has 0 atom stereocenters. The third-order valence-electron chi connectivity index (χ3n) is 5.04. The number of thioether (sulfide) groups is 2. The predicted octanol–water partition coefficient (Wildman–Crippen LogP) is 3.91. The summed E-state index contributed by atoms with van der Waals surface area (Å²) < 4.78 is 13.4. The summed E-state index contributed by atoms with van der Waals surface area (Å²) in [6.45, 7) is 2.11. The number of methoxy groups -OCH3 is 2. The number of amides is 2. The lowest BCUT2D eigenvalue weighted by atomic mass is 10.2. The van der Waals surface area contributed by atoms with Gasteiger partial charge in [-0.1, -0.05) is 66.0 Å². The number of benzene rings is 2. The summed E-state index contributed by atoms with van der Waals surface area (Å²) in [4.78, 5) is 25.5. The number of anilines is 1. The molecule has 0 fully saturated rings. The van der Waals surface area contributed by atoms with Crippen LogP contribution in [0.15, 0.2) is 58.0 Å². The van der Waals surface area contributed by atoms with E-state index in [4.69, 9.17) is 9.47 Å². The molecule has 2 aromatic carbocycles. The Kier molecular flexibility index (Phi) is 9.56. The summed E-state index contributed by atoms with van der Waals surface area (Å²) in [5.41, 5.74) is 1.08. The van der Waals surface area contributed by atoms with Gasteiger partial charge in [-0.2, -0.15) is 0 Å². The smallest absolute Gasteiger partial charge is 0.255 e. The van der Waals surface area contributed by atoms with Crippen molar-refractivity contribution in [3.8, 4) is 17.2 Å². The fourth-order valence-electron chi connectivity index (χ4n) is 3.38. The maximum Gasteiger partial charge on any atom is 0.255 e. The molecule has 2 N–H and O–H groups in total. The van der Waals surface area contributed by atoms with Gasteiger partial charge >= 0.3 is 0 Å². The zero-order valence-corrected chi connectivity index (χ0v) is 23.3. The van der Waals surface area contributed by atoms with Crippen LogP contribution in [0.2, 0.25) is 0 Å². The first-order valence-electron chi connectivity index (χ1n) is 11.4. The second-order valence-corrected chi connectivity index (χ2v) is 10.9. The second kappa shape index (κ2) is 13.3. The van der Waals surface area contributed by atoms with Gasteiger partial charge in [-0.3, -0.25) is 19.5 Å². The van der Waals surface area contributed by atoms with Crippen molar-refractivity contribution in [2.75, 3.05) is 31.0 Å². The van der Waals surface area contributed by atoms with E-state index in [0.29, 0.717) is 38.9 Å². The topological polar surface area (TPSA) is 133 Å². The zero-order valence-electron chi connectivity index (χ0n) is 20.8. The number of nitrogens with one attached hydrogen (secondary N) is 2. The van der Waals surface area contributed by atoms with Gasteiger partial charge in [0.1, 0.15) is 11.5 Å². The molecule has 2 heterocycles. The van der Waals surface area contributed by atoms with Crippen LogP contribution in [0.4, 0.5) is 5.13 Å². The maximum atomic E-state index is 12.9. The van der Waals surface area contributed by atoms with E-state index in [1.165, 1.54) is 30.2 Å². The number of hydrogen-bond donors (Lipinski definition) is 2. The van der Waals surface area contributed by atoms with Crippen molar-refractivity contribution in [1.29, 1.82) is 0 Å². The minimum atomic E-state index is -0.316. The highest BCUT2D eigenvalue weighted by atomic mass is 32.2. The van der Waals surface area contributed by atoms with Gasteiger partial charge in [0.25, 0.3) is 5.91 Å². The monoisotopic (exact) mass is 571 g/mol. The molecule has 0 aliphatic carbocycles. The molecule has 2 aromatic heterocycles. The van der Waals surface area contributed by atoms with Crippen LogP contribution < -0.4 is 20.1 Å². The molecule has 198 valence electrons. The minimum Gasteiger partial charge on any atom is -0.496 e. The third-order valence-corrected chi connectivity index (χ3v) is 7.82. The van der Waals surface area contributed by atoms with Crippen LogP contribution in [0.25, 0.3) is 5.69 Å². The molecule has 2 amide bonds. The molecule has 38 heavy (non-hydrogen) atoms. The lowest BCUT2D eigenvalue weighted by Gasteiger charge is -2.14. The Morgan fingerprint density at radius 1 is 0.947 bits per heavy atom. The highest BCUT2D eigenvalue weighted by molar-refractivity contribution is 8.01. The van der Waals surface area contributed by atoms with Crippen molar-refractivity contribution >= 4 is 51.8 Å². The van der Waals surface area contributed by atoms with Gasteiger partial charge < -0.3 is 14.8 Å². The van der Waals surface area contributed by atoms with E-state index in [2.05, 4.69) is 31.0 Å². The number of carbonyl (C=O) groups excluding carboxylic acids is 2. The Morgan fingerprint density at radius 3 is 2.45 bits per heavy atom. The van der Waals surface area contributed by atoms with E-state index in [9.17, 15) is 9.59 Å². The van der Waals surface area contributed by atoms with Crippen LogP contribution in [0.5, 0.6) is 11.5 Å². The third kappa shape index (κ3) is 6.62. The van der Waals surface area contributed by atoms with E-state index in [-0.39, 0.29) is 24.1 Å². The molecule has 11 nitrogen and oxygen atoms in total. The molecule has 0 saturated carbocycles. The number of para-hydroxylation sites is 3. The van der Waals surface area contributed by atoms with Crippen LogP contribution in [-0.4, -0.2) is 62.5 Å². The van der Waals surface area contributed by atoms with Crippen molar-refractivity contribution < 1.29 is 19.1 Å². The van der Waals surface area contributed by atoms with Gasteiger partial charge in [0.15, 0.2) is 15.3 Å². The van der Waals surface area contributed by atoms with Crippen LogP contribution >= 0.6 is 34.9 Å². The van der Waals surface area contributed by atoms with Gasteiger partial charge in [-0.25, -0.2) is 0 Å². The Hall–Kier alpha value is -3.62. The van der Waals surface area contributed by atoms with E-state index < -0.39 is 0 Å². The van der Waals surface area contributed by atoms with Crippen LogP contribution in [0.3, 0.4) is 0 Å². The minimum absolute atomic E-state index is 0.0662. The second-order valence-electron chi connectivity index (χ2n) is 7.43. The summed E-state index contributed by atoms with van der Waals surface area (Å²) in [5, 5.41) is 23.2. The summed E-state index contributed by atoms with van der Waals surface area (Å²) in [6.07, 6.45) is 0. The fourth-order valence-corrected chi connectivity index (χ4v) is 5.81. The largest absolute Gasteiger partial charge is 0.496 e. The maximum absolute atomic E-state index is 12.9. The Labute approximate surface area is 231 Å². The van der Waals surface area contributed by atoms with Gasteiger partial charge in [0.2, 0.25) is 11.0 Å². The highest BCUT2D eigenvalue weighted by Crippen LogP contribution is 2.29. The molecule has 0 radical (unpaired) electrons. The lowest BCUT2D eigenvalue weighted by molar-refractivity contribution is -0.113. The summed E-state index contributed by atoms with van der Waals surface area (Å²) in [5.74, 6) is 1.89. The van der Waals surface area contributed by atoms with E-state index in [0.717, 1.165) is 10.1 Å². The SMILES string of the molecule is CCSc1nnc(NC(=O)CSc2nnc(CNC(=O)c3ccccc3OC)n2-c2ccccc2OC)s1. The van der Waals surface area contributed by atoms with Crippen molar-refractivity contribution in [2.24, 2.45) is 0 Å². The molecular formula is C24H25N7O4S3. The van der Waals surface area contributed by atoms with Gasteiger partial charge in [-0.15, -0.1) is 20.4 Å². The Bertz CT molecular complexity index is 1410. The van der Waals surface area contributed by atoms with E-state index >= 15 is 0 Å². The number of carbonyl (C=O) groups is 2. The molecule has 4 aromatic rings. The normalized spacial score (nSPS) is 10.7.